The first-order valence-electron chi connectivity index (χ1n) is 7.99. The van der Waals surface area contributed by atoms with E-state index in [-0.39, 0.29) is 30.1 Å². The molecule has 0 radical (unpaired) electrons. The fourth-order valence-electron chi connectivity index (χ4n) is 2.30. The molecule has 0 atom stereocenters. The third kappa shape index (κ3) is 4.61. The maximum atomic E-state index is 12.8. The highest BCUT2D eigenvalue weighted by atomic mass is 32.2. The zero-order chi connectivity index (χ0) is 18.4. The summed E-state index contributed by atoms with van der Waals surface area (Å²) < 4.78 is 18.3. The van der Waals surface area contributed by atoms with Gasteiger partial charge >= 0.3 is 0 Å². The van der Waals surface area contributed by atoms with Gasteiger partial charge in [0.1, 0.15) is 18.2 Å². The Labute approximate surface area is 155 Å². The van der Waals surface area contributed by atoms with Crippen LogP contribution in [0.5, 0.6) is 5.75 Å². The van der Waals surface area contributed by atoms with Gasteiger partial charge in [0.15, 0.2) is 0 Å². The van der Waals surface area contributed by atoms with Crippen molar-refractivity contribution < 1.29 is 18.7 Å². The molecule has 0 bridgehead atoms. The predicted molar refractivity (Wildman–Crippen MR) is 100 cm³/mol. The highest BCUT2D eigenvalue weighted by Gasteiger charge is 2.34. The third-order valence-electron chi connectivity index (χ3n) is 3.61. The van der Waals surface area contributed by atoms with E-state index < -0.39 is 0 Å². The molecule has 0 aliphatic carbocycles. The van der Waals surface area contributed by atoms with Crippen LogP contribution >= 0.6 is 11.8 Å². The van der Waals surface area contributed by atoms with Crippen molar-refractivity contribution in [2.75, 3.05) is 13.2 Å². The second kappa shape index (κ2) is 8.49. The molecule has 2 amide bonds. The third-order valence-corrected chi connectivity index (χ3v) is 4.53. The van der Waals surface area contributed by atoms with Crippen molar-refractivity contribution in [3.8, 4) is 5.75 Å². The quantitative estimate of drug-likeness (QED) is 0.704. The van der Waals surface area contributed by atoms with Crippen molar-refractivity contribution >= 4 is 29.0 Å². The molecule has 2 aromatic carbocycles. The lowest BCUT2D eigenvalue weighted by Gasteiger charge is -2.13. The molecule has 0 N–H and O–H groups in total. The maximum Gasteiger partial charge on any atom is 0.293 e. The molecular weight excluding hydrogens is 353 g/mol. The van der Waals surface area contributed by atoms with Gasteiger partial charge in [0.05, 0.1) is 11.4 Å². The van der Waals surface area contributed by atoms with Gasteiger partial charge in [-0.15, -0.1) is 0 Å². The standard InChI is InChI=1S/C20H16FNO3S/c21-16-9-11-17(12-10-16)25-14-13-22-19(23)18(26-20(22)24)8-4-7-15-5-2-1-3-6-15/h1-12H,13-14H2/b7-4+,18-8-. The highest BCUT2D eigenvalue weighted by molar-refractivity contribution is 8.18. The van der Waals surface area contributed by atoms with Crippen LogP contribution in [0.25, 0.3) is 6.08 Å². The van der Waals surface area contributed by atoms with Gasteiger partial charge in [-0.1, -0.05) is 42.5 Å². The van der Waals surface area contributed by atoms with Gasteiger partial charge in [-0.25, -0.2) is 4.39 Å². The number of thioether (sulfide) groups is 1. The van der Waals surface area contributed by atoms with Crippen LogP contribution in [0.2, 0.25) is 0 Å². The smallest absolute Gasteiger partial charge is 0.293 e. The predicted octanol–water partition coefficient (Wildman–Crippen LogP) is 4.50. The Kier molecular flexibility index (Phi) is 5.86. The summed E-state index contributed by atoms with van der Waals surface area (Å²) in [6.07, 6.45) is 5.26. The van der Waals surface area contributed by atoms with Gasteiger partial charge in [0.25, 0.3) is 11.1 Å². The molecule has 1 aliphatic rings. The fraction of sp³-hybridized carbons (Fsp3) is 0.100. The Bertz CT molecular complexity index is 847. The Morgan fingerprint density at radius 3 is 2.50 bits per heavy atom. The van der Waals surface area contributed by atoms with Gasteiger partial charge in [0, 0.05) is 0 Å². The number of amides is 2. The topological polar surface area (TPSA) is 46.6 Å². The largest absolute Gasteiger partial charge is 0.492 e. The number of rotatable bonds is 6. The first-order chi connectivity index (χ1) is 12.6. The zero-order valence-electron chi connectivity index (χ0n) is 13.8. The SMILES string of the molecule is O=C1S/C(=C\C=C\c2ccccc2)C(=O)N1CCOc1ccc(F)cc1. The van der Waals surface area contributed by atoms with Gasteiger partial charge in [0.2, 0.25) is 0 Å². The van der Waals surface area contributed by atoms with Gasteiger partial charge in [-0.3, -0.25) is 14.5 Å². The van der Waals surface area contributed by atoms with Crippen molar-refractivity contribution in [3.05, 3.63) is 83.0 Å². The summed E-state index contributed by atoms with van der Waals surface area (Å²) in [5.74, 6) is -0.197. The van der Waals surface area contributed by atoms with E-state index in [1.165, 1.54) is 24.3 Å². The van der Waals surface area contributed by atoms with E-state index in [1.807, 2.05) is 36.4 Å². The lowest BCUT2D eigenvalue weighted by Crippen LogP contribution is -2.32. The van der Waals surface area contributed by atoms with E-state index in [9.17, 15) is 14.0 Å². The molecule has 0 unspecified atom stereocenters. The number of halogens is 1. The monoisotopic (exact) mass is 369 g/mol. The van der Waals surface area contributed by atoms with Crippen molar-refractivity contribution in [2.45, 2.75) is 0 Å². The minimum absolute atomic E-state index is 0.141. The van der Waals surface area contributed by atoms with Crippen LogP contribution in [0.15, 0.2) is 71.7 Å². The summed E-state index contributed by atoms with van der Waals surface area (Å²) in [4.78, 5) is 25.9. The Morgan fingerprint density at radius 1 is 1.04 bits per heavy atom. The molecule has 2 aromatic rings. The van der Waals surface area contributed by atoms with Gasteiger partial charge in [-0.2, -0.15) is 0 Å². The summed E-state index contributed by atoms with van der Waals surface area (Å²) in [5.41, 5.74) is 1.01. The van der Waals surface area contributed by atoms with Crippen LogP contribution in [-0.4, -0.2) is 29.2 Å². The maximum absolute atomic E-state index is 12.8. The van der Waals surface area contributed by atoms with E-state index in [2.05, 4.69) is 0 Å². The molecule has 1 aliphatic heterocycles. The van der Waals surface area contributed by atoms with Crippen LogP contribution in [-0.2, 0) is 4.79 Å². The number of benzene rings is 2. The molecule has 1 heterocycles. The lowest BCUT2D eigenvalue weighted by molar-refractivity contribution is -0.123. The van der Waals surface area contributed by atoms with Crippen LogP contribution < -0.4 is 4.74 Å². The van der Waals surface area contributed by atoms with E-state index in [0.29, 0.717) is 10.7 Å². The Balaban J connectivity index is 1.55. The first kappa shape index (κ1) is 17.9. The molecule has 1 fully saturated rings. The number of ether oxygens (including phenoxy) is 1. The normalized spacial score (nSPS) is 16.0. The van der Waals surface area contributed by atoms with Crippen LogP contribution in [0.3, 0.4) is 0 Å². The fourth-order valence-corrected chi connectivity index (χ4v) is 3.12. The first-order valence-corrected chi connectivity index (χ1v) is 8.80. The number of hydrogen-bond acceptors (Lipinski definition) is 4. The second-order valence-corrected chi connectivity index (χ2v) is 6.42. The van der Waals surface area contributed by atoms with Crippen molar-refractivity contribution in [2.24, 2.45) is 0 Å². The number of hydrogen-bond donors (Lipinski definition) is 0. The minimum atomic E-state index is -0.350. The number of allylic oxidation sites excluding steroid dienone is 2. The average molecular weight is 369 g/mol. The molecule has 0 aromatic heterocycles. The average Bonchev–Trinajstić information content (AvgIpc) is 2.92. The number of carbonyl (C=O) groups excluding carboxylic acids is 2. The molecule has 6 heteroatoms. The molecule has 0 spiro atoms. The minimum Gasteiger partial charge on any atom is -0.492 e. The number of nitrogens with zero attached hydrogens (tertiary/aromatic N) is 1. The van der Waals surface area contributed by atoms with E-state index in [4.69, 9.17) is 4.74 Å². The van der Waals surface area contributed by atoms with Crippen LogP contribution in [0.1, 0.15) is 5.56 Å². The van der Waals surface area contributed by atoms with E-state index in [1.54, 1.807) is 12.2 Å². The molecular formula is C20H16FNO3S. The zero-order valence-corrected chi connectivity index (χ0v) is 14.6. The second-order valence-electron chi connectivity index (χ2n) is 5.43. The summed E-state index contributed by atoms with van der Waals surface area (Å²) in [6.45, 7) is 0.290. The molecule has 0 saturated carbocycles. The van der Waals surface area contributed by atoms with Crippen molar-refractivity contribution in [3.63, 3.8) is 0 Å². The molecule has 26 heavy (non-hydrogen) atoms. The summed E-state index contributed by atoms with van der Waals surface area (Å²) in [6, 6.07) is 15.2. The Morgan fingerprint density at radius 2 is 1.77 bits per heavy atom. The van der Waals surface area contributed by atoms with Crippen molar-refractivity contribution in [1.29, 1.82) is 0 Å². The molecule has 4 nitrogen and oxygen atoms in total. The summed E-state index contributed by atoms with van der Waals surface area (Å²) >= 11 is 0.907. The van der Waals surface area contributed by atoms with Gasteiger partial charge in [-0.05, 0) is 47.7 Å². The molecule has 1 saturated heterocycles. The van der Waals surface area contributed by atoms with Gasteiger partial charge < -0.3 is 4.74 Å². The molecule has 132 valence electrons. The summed E-state index contributed by atoms with van der Waals surface area (Å²) in [5, 5.41) is -0.322. The van der Waals surface area contributed by atoms with E-state index >= 15 is 0 Å². The lowest BCUT2D eigenvalue weighted by atomic mass is 10.2. The number of imide groups is 1. The van der Waals surface area contributed by atoms with Crippen LogP contribution in [0.4, 0.5) is 9.18 Å². The highest BCUT2D eigenvalue weighted by Crippen LogP contribution is 2.30. The summed E-state index contributed by atoms with van der Waals surface area (Å²) in [7, 11) is 0. The van der Waals surface area contributed by atoms with E-state index in [0.717, 1.165) is 22.2 Å². The Hall–Kier alpha value is -2.86. The van der Waals surface area contributed by atoms with Crippen LogP contribution in [0, 0.1) is 5.82 Å². The number of carbonyl (C=O) groups is 2. The van der Waals surface area contributed by atoms with Crippen molar-refractivity contribution in [1.82, 2.24) is 4.90 Å². The molecule has 3 rings (SSSR count).